The minimum Gasteiger partial charge on any atom is -0.468 e. The van der Waals surface area contributed by atoms with E-state index in [1.54, 1.807) is 6.07 Å². The molecule has 2 aromatic rings. The van der Waals surface area contributed by atoms with Crippen molar-refractivity contribution in [2.45, 2.75) is 43.6 Å². The molecule has 200 valence electrons. The van der Waals surface area contributed by atoms with Gasteiger partial charge in [-0.15, -0.1) is 0 Å². The zero-order chi connectivity index (χ0) is 27.6. The Kier molecular flexibility index (Phi) is 7.63. The molecule has 0 spiro atoms. The van der Waals surface area contributed by atoms with E-state index in [9.17, 15) is 34.5 Å². The third-order valence-electron chi connectivity index (χ3n) is 7.13. The van der Waals surface area contributed by atoms with Crippen LogP contribution in [-0.4, -0.2) is 69.7 Å². The Balaban J connectivity index is 1.83. The van der Waals surface area contributed by atoms with Crippen molar-refractivity contribution in [1.82, 2.24) is 14.9 Å². The molecule has 2 heterocycles. The van der Waals surface area contributed by atoms with Crippen molar-refractivity contribution in [3.05, 3.63) is 56.2 Å². The van der Waals surface area contributed by atoms with Crippen molar-refractivity contribution in [2.24, 2.45) is 0 Å². The van der Waals surface area contributed by atoms with Gasteiger partial charge >= 0.3 is 17.7 Å². The van der Waals surface area contributed by atoms with Crippen molar-refractivity contribution >= 4 is 35.2 Å². The van der Waals surface area contributed by atoms with Crippen LogP contribution in [0.2, 0.25) is 5.28 Å². The van der Waals surface area contributed by atoms with Crippen LogP contribution in [0.3, 0.4) is 0 Å². The SMILES string of the molecule is COC(=O)C1(Cc2nc(Cl)nc(N3CCN(C(=O)O)[C@@H](CC#N)C3)c2[N+](=O)[O-])CCCc2ccc(F)cc21. The molecule has 0 bridgehead atoms. The van der Waals surface area contributed by atoms with E-state index >= 15 is 0 Å². The molecule has 4 rings (SSSR count). The van der Waals surface area contributed by atoms with Gasteiger partial charge in [0.15, 0.2) is 0 Å². The van der Waals surface area contributed by atoms with Gasteiger partial charge in [-0.1, -0.05) is 6.07 Å². The fraction of sp³-hybridized carbons (Fsp3) is 0.458. The predicted molar refractivity (Wildman–Crippen MR) is 131 cm³/mol. The van der Waals surface area contributed by atoms with Gasteiger partial charge in [0.2, 0.25) is 11.1 Å². The first-order chi connectivity index (χ1) is 18.1. The molecule has 14 heteroatoms. The molecule has 1 saturated heterocycles. The second kappa shape index (κ2) is 10.7. The van der Waals surface area contributed by atoms with E-state index in [2.05, 4.69) is 9.97 Å². The number of anilines is 1. The van der Waals surface area contributed by atoms with E-state index in [0.717, 1.165) is 10.5 Å². The lowest BCUT2D eigenvalue weighted by Gasteiger charge is -2.39. The van der Waals surface area contributed by atoms with Crippen LogP contribution in [-0.2, 0) is 27.8 Å². The van der Waals surface area contributed by atoms with Gasteiger partial charge in [0.05, 0.1) is 36.0 Å². The number of halogens is 2. The monoisotopic (exact) mass is 546 g/mol. The minimum atomic E-state index is -1.45. The maximum absolute atomic E-state index is 14.3. The normalized spacial score (nSPS) is 20.8. The molecule has 12 nitrogen and oxygen atoms in total. The first-order valence-electron chi connectivity index (χ1n) is 11.8. The summed E-state index contributed by atoms with van der Waals surface area (Å²) in [6.07, 6.45) is -0.232. The van der Waals surface area contributed by atoms with Crippen molar-refractivity contribution in [1.29, 1.82) is 5.26 Å². The largest absolute Gasteiger partial charge is 0.468 e. The van der Waals surface area contributed by atoms with Crippen LogP contribution in [0.5, 0.6) is 0 Å². The first kappa shape index (κ1) is 27.0. The molecule has 0 saturated carbocycles. The van der Waals surface area contributed by atoms with Gasteiger partial charge in [0, 0.05) is 26.1 Å². The lowest BCUT2D eigenvalue weighted by Crippen LogP contribution is -2.55. The maximum Gasteiger partial charge on any atom is 0.407 e. The number of amides is 1. The molecule has 1 unspecified atom stereocenters. The average molecular weight is 547 g/mol. The Bertz CT molecular complexity index is 1340. The van der Waals surface area contributed by atoms with Crippen molar-refractivity contribution in [3.63, 3.8) is 0 Å². The van der Waals surface area contributed by atoms with Crippen molar-refractivity contribution < 1.29 is 28.7 Å². The summed E-state index contributed by atoms with van der Waals surface area (Å²) in [4.78, 5) is 47.4. The number of carbonyl (C=O) groups excluding carboxylic acids is 1. The number of fused-ring (bicyclic) bond motifs is 1. The smallest absolute Gasteiger partial charge is 0.407 e. The molecule has 2 atom stereocenters. The zero-order valence-electron chi connectivity index (χ0n) is 20.4. The molecule has 1 aromatic carbocycles. The van der Waals surface area contributed by atoms with E-state index < -0.39 is 39.9 Å². The first-order valence-corrected chi connectivity index (χ1v) is 12.2. The fourth-order valence-electron chi connectivity index (χ4n) is 5.45. The fourth-order valence-corrected chi connectivity index (χ4v) is 5.63. The third kappa shape index (κ3) is 4.91. The summed E-state index contributed by atoms with van der Waals surface area (Å²) in [7, 11) is 1.20. The topological polar surface area (TPSA) is 163 Å². The van der Waals surface area contributed by atoms with E-state index in [-0.39, 0.29) is 55.7 Å². The van der Waals surface area contributed by atoms with Gasteiger partial charge in [-0.25, -0.2) is 14.2 Å². The molecular formula is C24H24ClFN6O6. The molecule has 1 N–H and O–H groups in total. The Labute approximate surface area is 221 Å². The van der Waals surface area contributed by atoms with E-state index in [1.807, 2.05) is 6.07 Å². The number of nitriles is 1. The summed E-state index contributed by atoms with van der Waals surface area (Å²) in [6.45, 7) is -0.00372. The number of carboxylic acid groups (broad SMARTS) is 1. The van der Waals surface area contributed by atoms with Crippen LogP contribution in [0.25, 0.3) is 0 Å². The average Bonchev–Trinajstić information content (AvgIpc) is 2.88. The molecule has 1 aliphatic carbocycles. The van der Waals surface area contributed by atoms with Gasteiger partial charge in [0.25, 0.3) is 0 Å². The van der Waals surface area contributed by atoms with E-state index in [4.69, 9.17) is 16.3 Å². The lowest BCUT2D eigenvalue weighted by atomic mass is 9.67. The number of esters is 1. The van der Waals surface area contributed by atoms with Gasteiger partial charge in [-0.3, -0.25) is 14.9 Å². The summed E-state index contributed by atoms with van der Waals surface area (Å²) in [5.74, 6) is -1.39. The number of hydrogen-bond acceptors (Lipinski definition) is 9. The van der Waals surface area contributed by atoms with Crippen LogP contribution in [0.15, 0.2) is 18.2 Å². The second-order valence-electron chi connectivity index (χ2n) is 9.21. The van der Waals surface area contributed by atoms with Gasteiger partial charge in [-0.2, -0.15) is 10.2 Å². The third-order valence-corrected chi connectivity index (χ3v) is 7.30. The number of aromatic nitrogens is 2. The van der Waals surface area contributed by atoms with E-state index in [1.165, 1.54) is 24.1 Å². The number of nitrogens with zero attached hydrogens (tertiary/aromatic N) is 6. The Morgan fingerprint density at radius 3 is 2.82 bits per heavy atom. The number of ether oxygens (including phenoxy) is 1. The zero-order valence-corrected chi connectivity index (χ0v) is 21.1. The summed E-state index contributed by atoms with van der Waals surface area (Å²) < 4.78 is 19.4. The second-order valence-corrected chi connectivity index (χ2v) is 9.55. The number of carbonyl (C=O) groups is 2. The molecule has 2 aliphatic rings. The quantitative estimate of drug-likeness (QED) is 0.246. The molecular weight excluding hydrogens is 523 g/mol. The van der Waals surface area contributed by atoms with Gasteiger partial charge in [0.1, 0.15) is 11.5 Å². The molecule has 1 aromatic heterocycles. The number of nitro groups is 1. The van der Waals surface area contributed by atoms with Gasteiger partial charge < -0.3 is 19.6 Å². The van der Waals surface area contributed by atoms with Crippen LogP contribution >= 0.6 is 11.6 Å². The van der Waals surface area contributed by atoms with Crippen molar-refractivity contribution in [2.75, 3.05) is 31.6 Å². The standard InChI is InChI=1S/C24H24ClFN6O6/c1-38-21(33)24(7-2-3-14-4-5-15(26)11-17(14)24)12-18-19(32(36)37)20(29-22(25)28-18)30-9-10-31(23(34)35)16(13-30)6-8-27/h4-5,11,16H,2-3,6-7,9-10,12-13H2,1H3,(H,34,35)/t16-,24?/m0/s1. The highest BCUT2D eigenvalue weighted by Crippen LogP contribution is 2.44. The lowest BCUT2D eigenvalue weighted by molar-refractivity contribution is -0.385. The number of rotatable bonds is 6. The number of methoxy groups -OCH3 is 1. The minimum absolute atomic E-state index is 0.0193. The molecule has 1 aliphatic heterocycles. The Morgan fingerprint density at radius 2 is 2.16 bits per heavy atom. The number of benzene rings is 1. The Hall–Kier alpha value is -4.05. The van der Waals surface area contributed by atoms with E-state index in [0.29, 0.717) is 18.4 Å². The van der Waals surface area contributed by atoms with Crippen LogP contribution in [0, 0.1) is 27.3 Å². The molecule has 1 amide bonds. The van der Waals surface area contributed by atoms with Crippen LogP contribution in [0.4, 0.5) is 20.7 Å². The summed E-state index contributed by atoms with van der Waals surface area (Å²) >= 11 is 6.22. The summed E-state index contributed by atoms with van der Waals surface area (Å²) in [5.41, 5.74) is -0.971. The van der Waals surface area contributed by atoms with Crippen LogP contribution in [0.1, 0.15) is 36.1 Å². The molecule has 38 heavy (non-hydrogen) atoms. The van der Waals surface area contributed by atoms with Crippen LogP contribution < -0.4 is 4.90 Å². The highest BCUT2D eigenvalue weighted by Gasteiger charge is 2.47. The predicted octanol–water partition coefficient (Wildman–Crippen LogP) is 3.25. The Morgan fingerprint density at radius 1 is 1.39 bits per heavy atom. The summed E-state index contributed by atoms with van der Waals surface area (Å²) in [6, 6.07) is 5.32. The van der Waals surface area contributed by atoms with Crippen molar-refractivity contribution in [3.8, 4) is 6.07 Å². The highest BCUT2D eigenvalue weighted by atomic mass is 35.5. The maximum atomic E-state index is 14.3. The number of aryl methyl sites for hydroxylation is 1. The van der Waals surface area contributed by atoms with Gasteiger partial charge in [-0.05, 0) is 54.1 Å². The number of hydrogen-bond donors (Lipinski definition) is 1. The molecule has 1 fully saturated rings. The molecule has 0 radical (unpaired) electrons. The number of piperazine rings is 1. The summed E-state index contributed by atoms with van der Waals surface area (Å²) in [5, 5.41) is 30.7. The highest BCUT2D eigenvalue weighted by molar-refractivity contribution is 6.28.